The van der Waals surface area contributed by atoms with E-state index in [-0.39, 0.29) is 22.4 Å². The molecule has 0 radical (unpaired) electrons. The second kappa shape index (κ2) is 6.93. The summed E-state index contributed by atoms with van der Waals surface area (Å²) in [6, 6.07) is 11.1. The number of thiocarbonyl (C=S) groups is 1. The largest absolute Gasteiger partial charge is 0.508 e. The smallest absolute Gasteiger partial charge is 0.285 e. The zero-order valence-electron chi connectivity index (χ0n) is 13.7. The molecule has 136 valence electrons. The van der Waals surface area contributed by atoms with Gasteiger partial charge in [-0.25, -0.2) is 0 Å². The zero-order chi connectivity index (χ0) is 19.0. The van der Waals surface area contributed by atoms with Gasteiger partial charge < -0.3 is 14.6 Å². The fraction of sp³-hybridized carbons (Fsp3) is 0.0556. The highest BCUT2D eigenvalue weighted by atomic mass is 32.2. The van der Waals surface area contributed by atoms with Gasteiger partial charge in [0.1, 0.15) is 5.75 Å². The molecule has 0 spiro atoms. The number of thioether (sulfide) groups is 1. The van der Waals surface area contributed by atoms with Crippen molar-refractivity contribution in [1.29, 1.82) is 0 Å². The molecule has 2 aromatic carbocycles. The highest BCUT2D eigenvalue weighted by Crippen LogP contribution is 2.36. The molecule has 0 aromatic heterocycles. The van der Waals surface area contributed by atoms with Gasteiger partial charge in [0.25, 0.3) is 11.8 Å². The van der Waals surface area contributed by atoms with E-state index in [1.807, 2.05) is 0 Å². The molecule has 9 heteroatoms. The lowest BCUT2D eigenvalue weighted by Gasteiger charge is -2.15. The Morgan fingerprint density at radius 1 is 1.22 bits per heavy atom. The quantitative estimate of drug-likeness (QED) is 0.605. The van der Waals surface area contributed by atoms with E-state index in [9.17, 15) is 14.7 Å². The first-order valence-electron chi connectivity index (χ1n) is 7.79. The van der Waals surface area contributed by atoms with Crippen LogP contribution in [0.25, 0.3) is 6.08 Å². The van der Waals surface area contributed by atoms with Crippen LogP contribution in [0.2, 0.25) is 0 Å². The Bertz CT molecular complexity index is 1000. The Morgan fingerprint density at radius 2 is 2.04 bits per heavy atom. The maximum Gasteiger partial charge on any atom is 0.285 e. The Balaban J connectivity index is 1.52. The van der Waals surface area contributed by atoms with Gasteiger partial charge in [0, 0.05) is 5.56 Å². The maximum absolute atomic E-state index is 12.6. The summed E-state index contributed by atoms with van der Waals surface area (Å²) in [6.07, 6.45) is 1.67. The number of carbonyl (C=O) groups excluding carboxylic acids is 2. The van der Waals surface area contributed by atoms with Gasteiger partial charge in [-0.2, -0.15) is 5.01 Å². The monoisotopic (exact) mass is 400 g/mol. The van der Waals surface area contributed by atoms with E-state index in [1.54, 1.807) is 24.3 Å². The third-order valence-electron chi connectivity index (χ3n) is 3.81. The molecule has 1 fully saturated rings. The summed E-state index contributed by atoms with van der Waals surface area (Å²) in [5.74, 6) is 0.230. The van der Waals surface area contributed by atoms with Gasteiger partial charge in [0.15, 0.2) is 15.8 Å². The highest BCUT2D eigenvalue weighted by molar-refractivity contribution is 8.26. The number of hydrazine groups is 1. The van der Waals surface area contributed by atoms with Crippen molar-refractivity contribution in [2.45, 2.75) is 0 Å². The zero-order valence-corrected chi connectivity index (χ0v) is 15.3. The van der Waals surface area contributed by atoms with Gasteiger partial charge in [-0.15, -0.1) is 0 Å². The molecule has 0 unspecified atom stereocenters. The Kier molecular flexibility index (Phi) is 4.46. The number of nitrogens with zero attached hydrogens (tertiary/aromatic N) is 1. The first kappa shape index (κ1) is 17.4. The minimum atomic E-state index is -0.550. The van der Waals surface area contributed by atoms with E-state index < -0.39 is 11.8 Å². The number of benzene rings is 2. The third kappa shape index (κ3) is 3.46. The molecule has 2 aromatic rings. The summed E-state index contributed by atoms with van der Waals surface area (Å²) in [5, 5.41) is 10.5. The fourth-order valence-electron chi connectivity index (χ4n) is 2.53. The second-order valence-corrected chi connectivity index (χ2v) is 7.30. The Hall–Kier alpha value is -3.04. The highest BCUT2D eigenvalue weighted by Gasteiger charge is 2.34. The van der Waals surface area contributed by atoms with Gasteiger partial charge in [0.2, 0.25) is 6.79 Å². The molecule has 0 saturated carbocycles. The maximum atomic E-state index is 12.6. The lowest BCUT2D eigenvalue weighted by atomic mass is 10.2. The number of hydrogen-bond donors (Lipinski definition) is 2. The van der Waals surface area contributed by atoms with Crippen molar-refractivity contribution in [3.63, 3.8) is 0 Å². The van der Waals surface area contributed by atoms with Crippen molar-refractivity contribution in [1.82, 2.24) is 10.4 Å². The number of fused-ring (bicyclic) bond motifs is 1. The molecule has 7 nitrogen and oxygen atoms in total. The van der Waals surface area contributed by atoms with Gasteiger partial charge in [-0.1, -0.05) is 23.9 Å². The molecule has 0 bridgehead atoms. The molecule has 0 aliphatic carbocycles. The van der Waals surface area contributed by atoms with Crippen molar-refractivity contribution in [2.24, 2.45) is 0 Å². The number of carbonyl (C=O) groups is 2. The molecule has 1 saturated heterocycles. The number of rotatable bonds is 3. The minimum Gasteiger partial charge on any atom is -0.508 e. The molecule has 0 atom stereocenters. The summed E-state index contributed by atoms with van der Waals surface area (Å²) in [4.78, 5) is 25.3. The molecule has 4 rings (SSSR count). The van der Waals surface area contributed by atoms with Gasteiger partial charge in [-0.05, 0) is 54.2 Å². The number of phenolic OH excluding ortho intramolecular Hbond substituents is 1. The molecular formula is C18H12N2O5S2. The summed E-state index contributed by atoms with van der Waals surface area (Å²) in [6.45, 7) is 0.169. The molecular weight excluding hydrogens is 388 g/mol. The molecule has 2 aliphatic heterocycles. The van der Waals surface area contributed by atoms with Crippen molar-refractivity contribution in [3.05, 3.63) is 58.5 Å². The van der Waals surface area contributed by atoms with Crippen molar-refractivity contribution in [3.8, 4) is 17.2 Å². The number of amides is 2. The standard InChI is InChI=1S/C18H12N2O5S2/c21-12-3-1-2-11(8-12)16(22)19-20-17(23)15(27-18(20)26)7-10-4-5-13-14(6-10)25-9-24-13/h1-8,21H,9H2,(H,19,22)/b15-7-. The van der Waals surface area contributed by atoms with Crippen LogP contribution in [0, 0.1) is 0 Å². The van der Waals surface area contributed by atoms with Gasteiger partial charge in [0.05, 0.1) is 4.91 Å². The van der Waals surface area contributed by atoms with Crippen LogP contribution in [0.5, 0.6) is 17.2 Å². The third-order valence-corrected chi connectivity index (χ3v) is 5.11. The van der Waals surface area contributed by atoms with E-state index in [0.29, 0.717) is 16.4 Å². The van der Waals surface area contributed by atoms with Crippen LogP contribution in [0.3, 0.4) is 0 Å². The number of nitrogens with one attached hydrogen (secondary N) is 1. The molecule has 2 aliphatic rings. The first-order chi connectivity index (χ1) is 13.0. The summed E-state index contributed by atoms with van der Waals surface area (Å²) >= 11 is 6.29. The fourth-order valence-corrected chi connectivity index (χ4v) is 3.71. The topological polar surface area (TPSA) is 88.1 Å². The number of hydrogen-bond acceptors (Lipinski definition) is 7. The Morgan fingerprint density at radius 3 is 2.85 bits per heavy atom. The lowest BCUT2D eigenvalue weighted by molar-refractivity contribution is -0.123. The van der Waals surface area contributed by atoms with E-state index in [0.717, 1.165) is 22.3 Å². The van der Waals surface area contributed by atoms with Crippen LogP contribution >= 0.6 is 24.0 Å². The van der Waals surface area contributed by atoms with Crippen LogP contribution in [-0.2, 0) is 4.79 Å². The summed E-state index contributed by atoms with van der Waals surface area (Å²) < 4.78 is 10.8. The van der Waals surface area contributed by atoms with E-state index >= 15 is 0 Å². The van der Waals surface area contributed by atoms with Gasteiger partial charge in [-0.3, -0.25) is 15.0 Å². The van der Waals surface area contributed by atoms with Crippen LogP contribution < -0.4 is 14.9 Å². The molecule has 2 amide bonds. The second-order valence-electron chi connectivity index (χ2n) is 5.62. The molecule has 2 heterocycles. The van der Waals surface area contributed by atoms with E-state index in [1.165, 1.54) is 24.3 Å². The van der Waals surface area contributed by atoms with Crippen molar-refractivity contribution < 1.29 is 24.2 Å². The first-order valence-corrected chi connectivity index (χ1v) is 9.01. The minimum absolute atomic E-state index is 0.0456. The molecule has 2 N–H and O–H groups in total. The SMILES string of the molecule is O=C(NN1C(=O)/C(=C/c2ccc3c(c2)OCO3)SC1=S)c1cccc(O)c1. The van der Waals surface area contributed by atoms with Crippen LogP contribution in [0.15, 0.2) is 47.4 Å². The average molecular weight is 400 g/mol. The van der Waals surface area contributed by atoms with Crippen molar-refractivity contribution in [2.75, 3.05) is 6.79 Å². The number of ether oxygens (including phenoxy) is 2. The van der Waals surface area contributed by atoms with E-state index in [2.05, 4.69) is 5.43 Å². The lowest BCUT2D eigenvalue weighted by Crippen LogP contribution is -2.44. The number of phenols is 1. The summed E-state index contributed by atoms with van der Waals surface area (Å²) in [7, 11) is 0. The van der Waals surface area contributed by atoms with Crippen LogP contribution in [-0.4, -0.2) is 33.0 Å². The van der Waals surface area contributed by atoms with Crippen LogP contribution in [0.4, 0.5) is 0 Å². The number of aromatic hydroxyl groups is 1. The average Bonchev–Trinajstić information content (AvgIpc) is 3.21. The Labute approximate surface area is 163 Å². The van der Waals surface area contributed by atoms with Crippen molar-refractivity contribution >= 4 is 46.2 Å². The normalized spacial score (nSPS) is 16.9. The van der Waals surface area contributed by atoms with Gasteiger partial charge >= 0.3 is 0 Å². The van der Waals surface area contributed by atoms with E-state index in [4.69, 9.17) is 21.7 Å². The summed E-state index contributed by atoms with van der Waals surface area (Å²) in [5.41, 5.74) is 3.43. The molecule has 27 heavy (non-hydrogen) atoms. The van der Waals surface area contributed by atoms with Crippen LogP contribution in [0.1, 0.15) is 15.9 Å². The predicted molar refractivity (Wildman–Crippen MR) is 103 cm³/mol. The predicted octanol–water partition coefficient (Wildman–Crippen LogP) is 2.67.